The van der Waals surface area contributed by atoms with Crippen LogP contribution in [0.15, 0.2) is 42.5 Å². The predicted octanol–water partition coefficient (Wildman–Crippen LogP) is 4.17. The fourth-order valence-electron chi connectivity index (χ4n) is 2.34. The van der Waals surface area contributed by atoms with Crippen LogP contribution in [0.25, 0.3) is 0 Å². The lowest BCUT2D eigenvalue weighted by molar-refractivity contribution is 0.252. The smallest absolute Gasteiger partial charge is 0.319 e. The number of anilines is 2. The van der Waals surface area contributed by atoms with Crippen LogP contribution in [0.5, 0.6) is 0 Å². The largest absolute Gasteiger partial charge is 0.370 e. The van der Waals surface area contributed by atoms with E-state index in [0.717, 1.165) is 5.56 Å². The van der Waals surface area contributed by atoms with Crippen LogP contribution >= 0.6 is 0 Å². The molecule has 0 spiro atoms. The highest BCUT2D eigenvalue weighted by Crippen LogP contribution is 2.23. The van der Waals surface area contributed by atoms with Crippen molar-refractivity contribution in [1.29, 1.82) is 0 Å². The van der Waals surface area contributed by atoms with E-state index in [0.29, 0.717) is 24.3 Å². The number of amides is 2. The summed E-state index contributed by atoms with van der Waals surface area (Å²) in [6.45, 7) is 4.29. The van der Waals surface area contributed by atoms with Crippen molar-refractivity contribution in [2.75, 3.05) is 23.8 Å². The maximum atomic E-state index is 14.2. The van der Waals surface area contributed by atoms with E-state index >= 15 is 0 Å². The Morgan fingerprint density at radius 3 is 2.56 bits per heavy atom. The molecule has 0 saturated heterocycles. The molecule has 0 radical (unpaired) electrons. The Kier molecular flexibility index (Phi) is 6.33. The summed E-state index contributed by atoms with van der Waals surface area (Å²) >= 11 is 0. The average molecular weight is 347 g/mol. The Bertz CT molecular complexity index is 734. The van der Waals surface area contributed by atoms with E-state index < -0.39 is 11.8 Å². The molecule has 0 aliphatic rings. The zero-order valence-corrected chi connectivity index (χ0v) is 14.6. The molecule has 0 aromatic heterocycles. The van der Waals surface area contributed by atoms with Crippen molar-refractivity contribution < 1.29 is 13.6 Å². The normalized spacial score (nSPS) is 10.6. The van der Waals surface area contributed by atoms with E-state index in [2.05, 4.69) is 10.6 Å². The first-order valence-electron chi connectivity index (χ1n) is 8.18. The van der Waals surface area contributed by atoms with Crippen LogP contribution in [0.3, 0.4) is 0 Å². The van der Waals surface area contributed by atoms with Crippen molar-refractivity contribution in [3.8, 4) is 0 Å². The molecule has 0 saturated carbocycles. The molecule has 0 aliphatic heterocycles. The third-order valence-electron chi connectivity index (χ3n) is 3.95. The number of rotatable bonds is 6. The minimum atomic E-state index is -0.430. The molecule has 2 rings (SSSR count). The quantitative estimate of drug-likeness (QED) is 0.824. The average Bonchev–Trinajstić information content (AvgIpc) is 2.54. The van der Waals surface area contributed by atoms with Crippen LogP contribution in [-0.4, -0.2) is 25.7 Å². The first kappa shape index (κ1) is 18.7. The van der Waals surface area contributed by atoms with Crippen LogP contribution < -0.4 is 15.5 Å². The van der Waals surface area contributed by atoms with Gasteiger partial charge in [0.25, 0.3) is 0 Å². The van der Waals surface area contributed by atoms with Gasteiger partial charge in [0.15, 0.2) is 0 Å². The second-order valence-corrected chi connectivity index (χ2v) is 6.13. The molecule has 4 nitrogen and oxygen atoms in total. The number of urea groups is 1. The van der Waals surface area contributed by atoms with Gasteiger partial charge < -0.3 is 15.5 Å². The highest BCUT2D eigenvalue weighted by molar-refractivity contribution is 5.89. The van der Waals surface area contributed by atoms with Crippen molar-refractivity contribution in [3.63, 3.8) is 0 Å². The zero-order chi connectivity index (χ0) is 18.4. The summed E-state index contributed by atoms with van der Waals surface area (Å²) in [5, 5.41) is 5.26. The molecule has 0 atom stereocenters. The molecule has 0 aliphatic carbocycles. The summed E-state index contributed by atoms with van der Waals surface area (Å²) in [4.78, 5) is 13.7. The fourth-order valence-corrected chi connectivity index (χ4v) is 2.34. The predicted molar refractivity (Wildman–Crippen MR) is 97.1 cm³/mol. The summed E-state index contributed by atoms with van der Waals surface area (Å²) in [7, 11) is 1.81. The maximum absolute atomic E-state index is 14.2. The van der Waals surface area contributed by atoms with Gasteiger partial charge in [-0.1, -0.05) is 12.1 Å². The maximum Gasteiger partial charge on any atom is 0.319 e. The lowest BCUT2D eigenvalue weighted by Gasteiger charge is -2.24. The van der Waals surface area contributed by atoms with Gasteiger partial charge in [0.1, 0.15) is 11.6 Å². The topological polar surface area (TPSA) is 44.4 Å². The van der Waals surface area contributed by atoms with Crippen LogP contribution in [0, 0.1) is 11.6 Å². The van der Waals surface area contributed by atoms with Crippen LogP contribution in [0.1, 0.15) is 19.4 Å². The monoisotopic (exact) mass is 347 g/mol. The molecule has 2 aromatic carbocycles. The molecule has 0 heterocycles. The van der Waals surface area contributed by atoms with E-state index in [1.165, 1.54) is 18.2 Å². The minimum absolute atomic E-state index is 0.166. The number of nitrogens with zero attached hydrogens (tertiary/aromatic N) is 1. The van der Waals surface area contributed by atoms with Gasteiger partial charge in [-0.3, -0.25) is 0 Å². The van der Waals surface area contributed by atoms with Crippen molar-refractivity contribution >= 4 is 17.4 Å². The molecule has 0 fully saturated rings. The minimum Gasteiger partial charge on any atom is -0.370 e. The molecule has 2 amide bonds. The van der Waals surface area contributed by atoms with Gasteiger partial charge in [-0.2, -0.15) is 0 Å². The number of hydrogen-bond donors (Lipinski definition) is 2. The van der Waals surface area contributed by atoms with Gasteiger partial charge in [-0.05, 0) is 56.2 Å². The van der Waals surface area contributed by atoms with E-state index in [4.69, 9.17) is 0 Å². The van der Waals surface area contributed by atoms with E-state index in [1.807, 2.05) is 25.8 Å². The third-order valence-corrected chi connectivity index (χ3v) is 3.95. The van der Waals surface area contributed by atoms with Crippen LogP contribution in [0.4, 0.5) is 25.0 Å². The Labute approximate surface area is 146 Å². The van der Waals surface area contributed by atoms with E-state index in [9.17, 15) is 13.6 Å². The number of benzene rings is 2. The van der Waals surface area contributed by atoms with Gasteiger partial charge in [-0.15, -0.1) is 0 Å². The van der Waals surface area contributed by atoms with Crippen LogP contribution in [0.2, 0.25) is 0 Å². The number of carbonyl (C=O) groups excluding carboxylic acids is 1. The van der Waals surface area contributed by atoms with Crippen molar-refractivity contribution in [2.24, 2.45) is 0 Å². The molecule has 134 valence electrons. The number of hydrogen-bond acceptors (Lipinski definition) is 2. The van der Waals surface area contributed by atoms with Crippen molar-refractivity contribution in [2.45, 2.75) is 26.3 Å². The SMILES string of the molecule is CC(C)N(C)c1ccc(NC(=O)NCCc2cccc(F)c2)cc1F. The highest BCUT2D eigenvalue weighted by atomic mass is 19.1. The number of nitrogens with one attached hydrogen (secondary N) is 2. The summed E-state index contributed by atoms with van der Waals surface area (Å²) in [6, 6.07) is 10.5. The van der Waals surface area contributed by atoms with Crippen LogP contribution in [-0.2, 0) is 6.42 Å². The lowest BCUT2D eigenvalue weighted by Crippen LogP contribution is -2.30. The Morgan fingerprint density at radius 1 is 1.16 bits per heavy atom. The summed E-state index contributed by atoms with van der Waals surface area (Å²) < 4.78 is 27.3. The number of carbonyl (C=O) groups is 1. The fraction of sp³-hybridized carbons (Fsp3) is 0.316. The molecule has 2 N–H and O–H groups in total. The molecule has 0 bridgehead atoms. The van der Waals surface area contributed by atoms with Crippen molar-refractivity contribution in [1.82, 2.24) is 5.32 Å². The van der Waals surface area contributed by atoms with Gasteiger partial charge >= 0.3 is 6.03 Å². The first-order valence-corrected chi connectivity index (χ1v) is 8.18. The standard InChI is InChI=1S/C19H23F2N3O/c1-13(2)24(3)18-8-7-16(12-17(18)21)23-19(25)22-10-9-14-5-4-6-15(20)11-14/h4-8,11-13H,9-10H2,1-3H3,(H2,22,23,25). The molecular formula is C19H23F2N3O. The van der Waals surface area contributed by atoms with Gasteiger partial charge in [-0.25, -0.2) is 13.6 Å². The highest BCUT2D eigenvalue weighted by Gasteiger charge is 2.12. The number of halogens is 2. The summed E-state index contributed by atoms with van der Waals surface area (Å²) in [5.41, 5.74) is 1.65. The molecule has 25 heavy (non-hydrogen) atoms. The van der Waals surface area contributed by atoms with E-state index in [1.54, 1.807) is 24.3 Å². The molecular weight excluding hydrogens is 324 g/mol. The molecule has 0 unspecified atom stereocenters. The van der Waals surface area contributed by atoms with Gasteiger partial charge in [0.2, 0.25) is 0 Å². The zero-order valence-electron chi connectivity index (χ0n) is 14.6. The summed E-state index contributed by atoms with van der Waals surface area (Å²) in [6.07, 6.45) is 0.512. The second-order valence-electron chi connectivity index (χ2n) is 6.13. The molecule has 6 heteroatoms. The van der Waals surface area contributed by atoms with Gasteiger partial charge in [0, 0.05) is 25.3 Å². The second kappa shape index (κ2) is 8.46. The third kappa shape index (κ3) is 5.45. The van der Waals surface area contributed by atoms with E-state index in [-0.39, 0.29) is 11.9 Å². The van der Waals surface area contributed by atoms with Gasteiger partial charge in [0.05, 0.1) is 5.69 Å². The summed E-state index contributed by atoms with van der Waals surface area (Å²) in [5.74, 6) is -0.697. The molecule has 2 aromatic rings. The Balaban J connectivity index is 1.87. The van der Waals surface area contributed by atoms with Crippen molar-refractivity contribution in [3.05, 3.63) is 59.7 Å². The Morgan fingerprint density at radius 2 is 1.92 bits per heavy atom. The first-order chi connectivity index (χ1) is 11.9. The lowest BCUT2D eigenvalue weighted by atomic mass is 10.1. The Hall–Kier alpha value is -2.63.